The van der Waals surface area contributed by atoms with Crippen LogP contribution >= 0.6 is 0 Å². The zero-order valence-corrected chi connectivity index (χ0v) is 25.5. The highest BCUT2D eigenvalue weighted by molar-refractivity contribution is 5.90. The summed E-state index contributed by atoms with van der Waals surface area (Å²) in [4.78, 5) is 39.1. The van der Waals surface area contributed by atoms with Gasteiger partial charge in [0, 0.05) is 13.0 Å². The van der Waals surface area contributed by atoms with Crippen LogP contribution in [0.4, 0.5) is 0 Å². The zero-order valence-electron chi connectivity index (χ0n) is 25.5. The minimum Gasteiger partial charge on any atom is -0.391 e. The molecule has 0 spiro atoms. The van der Waals surface area contributed by atoms with Crippen LogP contribution in [0.1, 0.15) is 43.4 Å². The third-order valence-electron chi connectivity index (χ3n) is 7.78. The van der Waals surface area contributed by atoms with E-state index >= 15 is 0 Å². The molecule has 0 fully saturated rings. The summed E-state index contributed by atoms with van der Waals surface area (Å²) < 4.78 is 0. The van der Waals surface area contributed by atoms with Crippen LogP contribution in [0.3, 0.4) is 0 Å². The molecule has 0 aliphatic carbocycles. The minimum atomic E-state index is -0.958. The van der Waals surface area contributed by atoms with Crippen molar-refractivity contribution in [1.29, 1.82) is 0 Å². The molecule has 44 heavy (non-hydrogen) atoms. The predicted molar refractivity (Wildman–Crippen MR) is 175 cm³/mol. The van der Waals surface area contributed by atoms with Crippen LogP contribution in [-0.2, 0) is 33.6 Å². The first-order valence-electron chi connectivity index (χ1n) is 15.4. The van der Waals surface area contributed by atoms with Crippen molar-refractivity contribution in [3.8, 4) is 0 Å². The Balaban J connectivity index is 1.35. The second-order valence-electron chi connectivity index (χ2n) is 11.6. The zero-order chi connectivity index (χ0) is 31.3. The third-order valence-corrected chi connectivity index (χ3v) is 7.78. The lowest BCUT2D eigenvalue weighted by Crippen LogP contribution is -2.55. The summed E-state index contributed by atoms with van der Waals surface area (Å²) in [5.74, 6) is -0.938. The first-order chi connectivity index (χ1) is 21.3. The second-order valence-corrected chi connectivity index (χ2v) is 11.6. The number of nitrogens with one attached hydrogen (secondary N) is 3. The number of aliphatic hydroxyl groups is 1. The van der Waals surface area contributed by atoms with Gasteiger partial charge in [-0.3, -0.25) is 14.4 Å². The summed E-state index contributed by atoms with van der Waals surface area (Å²) in [6.07, 6.45) is 0.629. The summed E-state index contributed by atoms with van der Waals surface area (Å²) in [6, 6.07) is 32.0. The summed E-state index contributed by atoms with van der Waals surface area (Å²) in [5, 5.41) is 22.1. The molecule has 0 saturated carbocycles. The van der Waals surface area contributed by atoms with E-state index in [9.17, 15) is 19.5 Å². The highest BCUT2D eigenvalue weighted by atomic mass is 16.3. The SMILES string of the molecule is CC(C)[C@H](NC(=O)Cc1ccc2ccccc2c1)C(=O)N[C@@H](Cc1ccccc1)[C@@H](O)CCC(=O)NCCc1ccccc1. The Labute approximate surface area is 260 Å². The molecule has 7 heteroatoms. The molecule has 230 valence electrons. The third kappa shape index (κ3) is 10.1. The van der Waals surface area contributed by atoms with Gasteiger partial charge in [-0.05, 0) is 52.6 Å². The molecule has 4 rings (SSSR count). The standard InChI is InChI=1S/C37H43N3O4/c1-26(2)36(40-35(43)25-29-17-18-30-15-9-10-16-31(30)23-29)37(44)39-32(24-28-13-7-4-8-14-28)33(41)19-20-34(42)38-22-21-27-11-5-3-6-12-27/h3-18,23,26,32-33,36,41H,19-22,24-25H2,1-2H3,(H,38,42)(H,39,44)(H,40,43)/t32-,33-,36-/m0/s1. The lowest BCUT2D eigenvalue weighted by molar-refractivity contribution is -0.130. The van der Waals surface area contributed by atoms with Gasteiger partial charge in [-0.2, -0.15) is 0 Å². The molecule has 4 aromatic carbocycles. The summed E-state index contributed by atoms with van der Waals surface area (Å²) in [5.41, 5.74) is 2.96. The Morgan fingerprint density at radius 2 is 1.34 bits per heavy atom. The fraction of sp³-hybridized carbons (Fsp3) is 0.324. The molecular formula is C37H43N3O4. The number of benzene rings is 4. The maximum absolute atomic E-state index is 13.6. The summed E-state index contributed by atoms with van der Waals surface area (Å²) >= 11 is 0. The Hall–Kier alpha value is -4.49. The van der Waals surface area contributed by atoms with Gasteiger partial charge in [0.2, 0.25) is 17.7 Å². The maximum Gasteiger partial charge on any atom is 0.243 e. The summed E-state index contributed by atoms with van der Waals surface area (Å²) in [7, 11) is 0. The molecule has 3 atom stereocenters. The normalized spacial score (nSPS) is 13.2. The average molecular weight is 594 g/mol. The monoisotopic (exact) mass is 593 g/mol. The minimum absolute atomic E-state index is 0.132. The van der Waals surface area contributed by atoms with Crippen molar-refractivity contribution in [2.45, 2.75) is 64.1 Å². The fourth-order valence-corrected chi connectivity index (χ4v) is 5.28. The van der Waals surface area contributed by atoms with Crippen LogP contribution in [0.15, 0.2) is 103 Å². The average Bonchev–Trinajstić information content (AvgIpc) is 3.03. The topological polar surface area (TPSA) is 108 Å². The van der Waals surface area contributed by atoms with E-state index in [4.69, 9.17) is 0 Å². The maximum atomic E-state index is 13.6. The molecule has 0 bridgehead atoms. The van der Waals surface area contributed by atoms with Gasteiger partial charge in [-0.15, -0.1) is 0 Å². The largest absolute Gasteiger partial charge is 0.391 e. The van der Waals surface area contributed by atoms with E-state index in [2.05, 4.69) is 16.0 Å². The van der Waals surface area contributed by atoms with Crippen molar-refractivity contribution < 1.29 is 19.5 Å². The molecule has 3 amide bonds. The predicted octanol–water partition coefficient (Wildman–Crippen LogP) is 4.75. The Morgan fingerprint density at radius 1 is 0.705 bits per heavy atom. The Morgan fingerprint density at radius 3 is 2.02 bits per heavy atom. The van der Waals surface area contributed by atoms with Gasteiger partial charge in [0.15, 0.2) is 0 Å². The first-order valence-corrected chi connectivity index (χ1v) is 15.4. The number of carbonyl (C=O) groups excluding carboxylic acids is 3. The van der Waals surface area contributed by atoms with Crippen molar-refractivity contribution in [3.05, 3.63) is 120 Å². The number of hydrogen-bond donors (Lipinski definition) is 4. The molecule has 0 saturated heterocycles. The van der Waals surface area contributed by atoms with Crippen LogP contribution in [0.25, 0.3) is 10.8 Å². The van der Waals surface area contributed by atoms with Gasteiger partial charge >= 0.3 is 0 Å². The van der Waals surface area contributed by atoms with E-state index in [1.165, 1.54) is 0 Å². The second kappa shape index (κ2) is 16.4. The van der Waals surface area contributed by atoms with Crippen LogP contribution < -0.4 is 16.0 Å². The van der Waals surface area contributed by atoms with E-state index in [0.29, 0.717) is 13.0 Å². The van der Waals surface area contributed by atoms with Crippen molar-refractivity contribution in [2.24, 2.45) is 5.92 Å². The number of aliphatic hydroxyl groups excluding tert-OH is 1. The number of hydrogen-bond acceptors (Lipinski definition) is 4. The molecule has 4 aromatic rings. The van der Waals surface area contributed by atoms with E-state index in [-0.39, 0.29) is 42.9 Å². The molecule has 0 unspecified atom stereocenters. The van der Waals surface area contributed by atoms with Crippen molar-refractivity contribution >= 4 is 28.5 Å². The van der Waals surface area contributed by atoms with Gasteiger partial charge in [0.05, 0.1) is 18.6 Å². The molecular weight excluding hydrogens is 550 g/mol. The molecule has 4 N–H and O–H groups in total. The van der Waals surface area contributed by atoms with Crippen molar-refractivity contribution in [3.63, 3.8) is 0 Å². The quantitative estimate of drug-likeness (QED) is 0.160. The fourth-order valence-electron chi connectivity index (χ4n) is 5.28. The van der Waals surface area contributed by atoms with Crippen LogP contribution in [0.5, 0.6) is 0 Å². The number of fused-ring (bicyclic) bond motifs is 1. The number of amides is 3. The van der Waals surface area contributed by atoms with Gasteiger partial charge < -0.3 is 21.1 Å². The van der Waals surface area contributed by atoms with E-state index in [1.54, 1.807) is 0 Å². The van der Waals surface area contributed by atoms with Gasteiger partial charge in [0.1, 0.15) is 6.04 Å². The van der Waals surface area contributed by atoms with Gasteiger partial charge in [-0.1, -0.05) is 117 Å². The number of carbonyl (C=O) groups is 3. The Kier molecular flexibility index (Phi) is 12.1. The van der Waals surface area contributed by atoms with E-state index in [0.717, 1.165) is 33.9 Å². The smallest absolute Gasteiger partial charge is 0.243 e. The lowest BCUT2D eigenvalue weighted by atomic mass is 9.96. The molecule has 0 radical (unpaired) electrons. The number of rotatable bonds is 15. The molecule has 0 aromatic heterocycles. The molecule has 0 heterocycles. The Bertz CT molecular complexity index is 1510. The first kappa shape index (κ1) is 32.4. The molecule has 7 nitrogen and oxygen atoms in total. The van der Waals surface area contributed by atoms with Crippen LogP contribution in [-0.4, -0.2) is 47.6 Å². The van der Waals surface area contributed by atoms with Crippen molar-refractivity contribution in [2.75, 3.05) is 6.54 Å². The molecule has 0 aliphatic heterocycles. The van der Waals surface area contributed by atoms with Crippen LogP contribution in [0, 0.1) is 5.92 Å². The molecule has 0 aliphatic rings. The van der Waals surface area contributed by atoms with E-state index < -0.39 is 18.2 Å². The summed E-state index contributed by atoms with van der Waals surface area (Å²) in [6.45, 7) is 4.27. The van der Waals surface area contributed by atoms with Gasteiger partial charge in [0.25, 0.3) is 0 Å². The highest BCUT2D eigenvalue weighted by Gasteiger charge is 2.29. The van der Waals surface area contributed by atoms with Gasteiger partial charge in [-0.25, -0.2) is 0 Å². The van der Waals surface area contributed by atoms with E-state index in [1.807, 2.05) is 117 Å². The lowest BCUT2D eigenvalue weighted by Gasteiger charge is -2.28. The van der Waals surface area contributed by atoms with Crippen LogP contribution in [0.2, 0.25) is 0 Å². The highest BCUT2D eigenvalue weighted by Crippen LogP contribution is 2.17. The van der Waals surface area contributed by atoms with Crippen molar-refractivity contribution in [1.82, 2.24) is 16.0 Å².